The lowest BCUT2D eigenvalue weighted by atomic mass is 10.0. The van der Waals surface area contributed by atoms with E-state index in [1.807, 2.05) is 0 Å². The molecule has 0 saturated heterocycles. The van der Waals surface area contributed by atoms with Gasteiger partial charge in [0.25, 0.3) is 5.56 Å². The van der Waals surface area contributed by atoms with E-state index in [-0.39, 0.29) is 5.65 Å². The van der Waals surface area contributed by atoms with E-state index in [2.05, 4.69) is 20.4 Å². The van der Waals surface area contributed by atoms with E-state index in [4.69, 9.17) is 5.73 Å². The molecule has 4 aromatic rings. The number of carbonyl (C=O) groups excluding carboxylic acids is 1. The molecule has 0 spiro atoms. The van der Waals surface area contributed by atoms with Crippen molar-refractivity contribution in [2.45, 2.75) is 26.1 Å². The molecule has 0 aliphatic rings. The van der Waals surface area contributed by atoms with Gasteiger partial charge in [-0.15, -0.1) is 0 Å². The van der Waals surface area contributed by atoms with Gasteiger partial charge in [0.2, 0.25) is 5.91 Å². The number of amides is 1. The zero-order chi connectivity index (χ0) is 23.9. The van der Waals surface area contributed by atoms with Gasteiger partial charge in [0.15, 0.2) is 5.65 Å². The van der Waals surface area contributed by atoms with Crippen molar-refractivity contribution in [1.82, 2.24) is 19.6 Å². The van der Waals surface area contributed by atoms with Gasteiger partial charge in [-0.25, -0.2) is 14.5 Å². The van der Waals surface area contributed by atoms with Gasteiger partial charge in [-0.05, 0) is 43.7 Å². The first kappa shape index (κ1) is 22.2. The molecule has 170 valence electrons. The van der Waals surface area contributed by atoms with Crippen LogP contribution in [0.4, 0.5) is 19.0 Å². The van der Waals surface area contributed by atoms with Crippen molar-refractivity contribution in [1.29, 1.82) is 0 Å². The van der Waals surface area contributed by atoms with E-state index in [1.54, 1.807) is 26.0 Å². The number of alkyl halides is 3. The number of aromatic nitrogens is 4. The number of aryl methyl sites for hydroxylation is 1. The van der Waals surface area contributed by atoms with Crippen molar-refractivity contribution in [3.05, 3.63) is 70.3 Å². The third-order valence-corrected chi connectivity index (χ3v) is 5.02. The van der Waals surface area contributed by atoms with Gasteiger partial charge in [0.1, 0.15) is 5.82 Å². The second-order valence-corrected chi connectivity index (χ2v) is 7.54. The molecule has 1 atom stereocenters. The Morgan fingerprint density at radius 2 is 1.82 bits per heavy atom. The molecule has 11 heteroatoms. The molecule has 0 saturated carbocycles. The Balaban J connectivity index is 1.75. The van der Waals surface area contributed by atoms with Gasteiger partial charge >= 0.3 is 6.18 Å². The molecule has 1 aromatic carbocycles. The first-order chi connectivity index (χ1) is 15.5. The van der Waals surface area contributed by atoms with Crippen LogP contribution in [0.5, 0.6) is 0 Å². The van der Waals surface area contributed by atoms with Gasteiger partial charge < -0.3 is 11.1 Å². The average Bonchev–Trinajstić information content (AvgIpc) is 3.10. The molecule has 3 heterocycles. The van der Waals surface area contributed by atoms with E-state index in [0.717, 1.165) is 12.1 Å². The van der Waals surface area contributed by atoms with E-state index in [1.165, 1.54) is 28.9 Å². The van der Waals surface area contributed by atoms with Crippen molar-refractivity contribution >= 4 is 17.4 Å². The fourth-order valence-corrected chi connectivity index (χ4v) is 3.33. The number of benzene rings is 1. The predicted octanol–water partition coefficient (Wildman–Crippen LogP) is 3.36. The minimum atomic E-state index is -4.45. The number of halogens is 3. The summed E-state index contributed by atoms with van der Waals surface area (Å²) in [4.78, 5) is 33.1. The summed E-state index contributed by atoms with van der Waals surface area (Å²) in [6.07, 6.45) is -3.00. The van der Waals surface area contributed by atoms with Crippen LogP contribution in [0, 0.1) is 6.92 Å². The molecule has 0 fully saturated rings. The second kappa shape index (κ2) is 8.17. The Hall–Kier alpha value is -3.99. The van der Waals surface area contributed by atoms with Gasteiger partial charge in [-0.1, -0.05) is 12.1 Å². The molecule has 4 N–H and O–H groups in total. The van der Waals surface area contributed by atoms with Crippen LogP contribution in [0.15, 0.2) is 53.5 Å². The number of hydrogen-bond acceptors (Lipinski definition) is 5. The molecule has 1 amide bonds. The van der Waals surface area contributed by atoms with Gasteiger partial charge in [0, 0.05) is 29.1 Å². The fourth-order valence-electron chi connectivity index (χ4n) is 3.33. The summed E-state index contributed by atoms with van der Waals surface area (Å²) in [6.45, 7) is 3.25. The Bertz CT molecular complexity index is 1390. The summed E-state index contributed by atoms with van der Waals surface area (Å²) in [5.74, 6) is -0.0983. The third-order valence-electron chi connectivity index (χ3n) is 5.02. The zero-order valence-corrected chi connectivity index (χ0v) is 17.6. The number of nitrogens with one attached hydrogen (secondary N) is 2. The van der Waals surface area contributed by atoms with Crippen LogP contribution in [0.25, 0.3) is 28.0 Å². The number of nitrogens with zero attached hydrogens (tertiary/aromatic N) is 3. The lowest BCUT2D eigenvalue weighted by Gasteiger charge is -2.08. The maximum Gasteiger partial charge on any atom is 0.416 e. The molecule has 3 aromatic heterocycles. The van der Waals surface area contributed by atoms with Crippen molar-refractivity contribution in [2.75, 3.05) is 5.32 Å². The maximum atomic E-state index is 12.9. The number of aromatic amines is 1. The average molecular weight is 456 g/mol. The lowest BCUT2D eigenvalue weighted by Crippen LogP contribution is -2.32. The third kappa shape index (κ3) is 4.35. The molecule has 0 aliphatic carbocycles. The molecule has 8 nitrogen and oxygen atoms in total. The highest BCUT2D eigenvalue weighted by Gasteiger charge is 2.30. The molecular weight excluding hydrogens is 437 g/mol. The van der Waals surface area contributed by atoms with E-state index in [9.17, 15) is 22.8 Å². The molecule has 4 rings (SSSR count). The zero-order valence-electron chi connectivity index (χ0n) is 17.6. The number of rotatable bonds is 4. The Morgan fingerprint density at radius 3 is 2.39 bits per heavy atom. The van der Waals surface area contributed by atoms with Crippen LogP contribution in [0.2, 0.25) is 0 Å². The number of pyridine rings is 1. The largest absolute Gasteiger partial charge is 0.416 e. The normalized spacial score (nSPS) is 12.7. The van der Waals surface area contributed by atoms with Crippen molar-refractivity contribution in [3.8, 4) is 22.4 Å². The predicted molar refractivity (Wildman–Crippen MR) is 116 cm³/mol. The lowest BCUT2D eigenvalue weighted by molar-refractivity contribution is -0.137. The Labute approximate surface area is 185 Å². The summed E-state index contributed by atoms with van der Waals surface area (Å²) < 4.78 is 40.0. The number of carbonyl (C=O) groups is 1. The van der Waals surface area contributed by atoms with Gasteiger partial charge in [0.05, 0.1) is 17.3 Å². The highest BCUT2D eigenvalue weighted by Crippen LogP contribution is 2.33. The maximum absolute atomic E-state index is 12.9. The number of H-pyrrole nitrogens is 1. The molecular formula is C22H19F3N6O2. The quantitative estimate of drug-likeness (QED) is 0.435. The second-order valence-electron chi connectivity index (χ2n) is 7.54. The summed E-state index contributed by atoms with van der Waals surface area (Å²) in [6, 6.07) is 8.47. The fraction of sp³-hybridized carbons (Fsp3) is 0.182. The minimum absolute atomic E-state index is 0.268. The first-order valence-corrected chi connectivity index (χ1v) is 9.87. The number of fused-ring (bicyclic) bond motifs is 1. The summed E-state index contributed by atoms with van der Waals surface area (Å²) in [5.41, 5.74) is 7.03. The van der Waals surface area contributed by atoms with Crippen LogP contribution in [-0.2, 0) is 11.0 Å². The van der Waals surface area contributed by atoms with Crippen LogP contribution in [0.3, 0.4) is 0 Å². The molecule has 0 bridgehead atoms. The van der Waals surface area contributed by atoms with E-state index in [0.29, 0.717) is 33.9 Å². The van der Waals surface area contributed by atoms with Crippen molar-refractivity contribution in [3.63, 3.8) is 0 Å². The Morgan fingerprint density at radius 1 is 1.15 bits per heavy atom. The number of hydrogen-bond donors (Lipinski definition) is 3. The van der Waals surface area contributed by atoms with E-state index < -0.39 is 29.2 Å². The highest BCUT2D eigenvalue weighted by atomic mass is 19.4. The first-order valence-electron chi connectivity index (χ1n) is 9.87. The van der Waals surface area contributed by atoms with Crippen LogP contribution >= 0.6 is 0 Å². The topological polar surface area (TPSA) is 118 Å². The number of anilines is 1. The molecule has 0 unspecified atom stereocenters. The van der Waals surface area contributed by atoms with Gasteiger partial charge in [-0.2, -0.15) is 13.2 Å². The van der Waals surface area contributed by atoms with E-state index >= 15 is 0 Å². The van der Waals surface area contributed by atoms with Crippen molar-refractivity contribution in [2.24, 2.45) is 5.73 Å². The highest BCUT2D eigenvalue weighted by molar-refractivity contribution is 5.93. The van der Waals surface area contributed by atoms with Crippen LogP contribution in [0.1, 0.15) is 18.2 Å². The molecule has 0 radical (unpaired) electrons. The molecule has 33 heavy (non-hydrogen) atoms. The number of nitrogens with two attached hydrogens (primary N) is 1. The van der Waals surface area contributed by atoms with Gasteiger partial charge in [-0.3, -0.25) is 14.7 Å². The van der Waals surface area contributed by atoms with Crippen molar-refractivity contribution < 1.29 is 18.0 Å². The molecule has 0 aliphatic heterocycles. The summed E-state index contributed by atoms with van der Waals surface area (Å²) in [7, 11) is 0. The summed E-state index contributed by atoms with van der Waals surface area (Å²) in [5, 5.41) is 5.47. The standard InChI is InChI=1S/C22H19F3N6O2/c1-11(26)21(33)29-17-8-5-14(10-27-17)16-9-18(32)31-20(28-16)19(12(2)30-31)13-3-6-15(7-4-13)22(23,24)25/h3-11,30H,26H2,1-2H3,(H,27,29,33)/t11-/m0/s1. The smallest absolute Gasteiger partial charge is 0.320 e. The van der Waals surface area contributed by atoms with Crippen LogP contribution < -0.4 is 16.6 Å². The minimum Gasteiger partial charge on any atom is -0.320 e. The van der Waals surface area contributed by atoms with Crippen LogP contribution in [-0.4, -0.2) is 31.5 Å². The summed E-state index contributed by atoms with van der Waals surface area (Å²) >= 11 is 0. The SMILES string of the molecule is Cc1[nH]n2c(=O)cc(-c3ccc(NC(=O)[C@H](C)N)nc3)nc2c1-c1ccc(C(F)(F)F)cc1. The Kier molecular flexibility index (Phi) is 5.50. The monoisotopic (exact) mass is 456 g/mol.